The number of hydrogen-bond acceptors (Lipinski definition) is 4. The van der Waals surface area contributed by atoms with Gasteiger partial charge in [0.1, 0.15) is 11.0 Å². The number of anilines is 1. The molecule has 5 nitrogen and oxygen atoms in total. The van der Waals surface area contributed by atoms with Gasteiger partial charge in [-0.25, -0.2) is 4.98 Å². The lowest BCUT2D eigenvalue weighted by Crippen LogP contribution is -2.19. The summed E-state index contributed by atoms with van der Waals surface area (Å²) in [5.41, 5.74) is 3.34. The van der Waals surface area contributed by atoms with Gasteiger partial charge in [0.2, 0.25) is 0 Å². The van der Waals surface area contributed by atoms with Crippen LogP contribution in [0, 0.1) is 0 Å². The van der Waals surface area contributed by atoms with E-state index in [1.807, 2.05) is 13.2 Å². The molecule has 3 heterocycles. The molecule has 3 rings (SSSR count). The fourth-order valence-corrected chi connectivity index (χ4v) is 3.38. The second-order valence-electron chi connectivity index (χ2n) is 6.76. The molecular formula is C18H27Cl2N5. The number of hydrogen-bond donors (Lipinski definition) is 1. The van der Waals surface area contributed by atoms with E-state index in [0.29, 0.717) is 17.6 Å². The molecule has 138 valence electrons. The zero-order chi connectivity index (χ0) is 17.1. The molecule has 0 aliphatic carbocycles. The van der Waals surface area contributed by atoms with Crippen molar-refractivity contribution >= 4 is 29.8 Å². The summed E-state index contributed by atoms with van der Waals surface area (Å²) >= 11 is 6.38. The van der Waals surface area contributed by atoms with Gasteiger partial charge in [-0.3, -0.25) is 4.68 Å². The Bertz CT molecular complexity index is 676. The Labute approximate surface area is 161 Å². The summed E-state index contributed by atoms with van der Waals surface area (Å²) in [5.74, 6) is 1.45. The molecule has 2 aromatic rings. The fraction of sp³-hybridized carbons (Fsp3) is 0.556. The Hall–Kier alpha value is -1.30. The van der Waals surface area contributed by atoms with Crippen LogP contribution in [0.1, 0.15) is 49.4 Å². The van der Waals surface area contributed by atoms with E-state index in [-0.39, 0.29) is 12.4 Å². The van der Waals surface area contributed by atoms with Crippen molar-refractivity contribution in [2.75, 3.05) is 18.0 Å². The highest BCUT2D eigenvalue weighted by atomic mass is 35.5. The number of rotatable bonds is 6. The smallest absolute Gasteiger partial charge is 0.131 e. The molecule has 0 amide bonds. The van der Waals surface area contributed by atoms with E-state index in [4.69, 9.17) is 11.6 Å². The lowest BCUT2D eigenvalue weighted by molar-refractivity contribution is 0.676. The Morgan fingerprint density at radius 3 is 2.52 bits per heavy atom. The van der Waals surface area contributed by atoms with Gasteiger partial charge in [-0.1, -0.05) is 31.5 Å². The largest absolute Gasteiger partial charge is 0.357 e. The zero-order valence-electron chi connectivity index (χ0n) is 15.1. The first-order valence-electron chi connectivity index (χ1n) is 8.68. The first-order valence-corrected chi connectivity index (χ1v) is 9.06. The topological polar surface area (TPSA) is 46.0 Å². The van der Waals surface area contributed by atoms with E-state index in [2.05, 4.69) is 46.3 Å². The van der Waals surface area contributed by atoms with Crippen LogP contribution in [0.25, 0.3) is 0 Å². The van der Waals surface area contributed by atoms with Crippen LogP contribution in [0.2, 0.25) is 5.15 Å². The molecular weight excluding hydrogens is 357 g/mol. The van der Waals surface area contributed by atoms with Crippen LogP contribution in [0.4, 0.5) is 5.82 Å². The summed E-state index contributed by atoms with van der Waals surface area (Å²) in [7, 11) is 1.89. The minimum Gasteiger partial charge on any atom is -0.357 e. The van der Waals surface area contributed by atoms with Crippen molar-refractivity contribution in [1.29, 1.82) is 0 Å². The minimum absolute atomic E-state index is 0. The maximum absolute atomic E-state index is 6.38. The highest BCUT2D eigenvalue weighted by Crippen LogP contribution is 2.25. The van der Waals surface area contributed by atoms with Crippen molar-refractivity contribution in [2.24, 2.45) is 7.05 Å². The molecule has 0 bridgehead atoms. The maximum Gasteiger partial charge on any atom is 0.131 e. The second-order valence-corrected chi connectivity index (χ2v) is 7.11. The molecule has 0 atom stereocenters. The minimum atomic E-state index is 0. The van der Waals surface area contributed by atoms with Crippen molar-refractivity contribution in [3.8, 4) is 0 Å². The van der Waals surface area contributed by atoms with Gasteiger partial charge in [-0.15, -0.1) is 12.4 Å². The number of pyridine rings is 1. The summed E-state index contributed by atoms with van der Waals surface area (Å²) in [6.45, 7) is 8.03. The SMILES string of the molecule is CC(C)c1nn(C)c(Cl)c1CNCc1ccc(N2CCCC2)nc1.Cl. The lowest BCUT2D eigenvalue weighted by Gasteiger charge is -2.16. The summed E-state index contributed by atoms with van der Waals surface area (Å²) in [4.78, 5) is 6.95. The van der Waals surface area contributed by atoms with E-state index in [0.717, 1.165) is 36.7 Å². The summed E-state index contributed by atoms with van der Waals surface area (Å²) in [6.07, 6.45) is 4.51. The van der Waals surface area contributed by atoms with Crippen molar-refractivity contribution in [2.45, 2.75) is 45.7 Å². The molecule has 1 aliphatic rings. The predicted molar refractivity (Wildman–Crippen MR) is 106 cm³/mol. The number of nitrogens with zero attached hydrogens (tertiary/aromatic N) is 4. The van der Waals surface area contributed by atoms with Crippen LogP contribution in [0.5, 0.6) is 0 Å². The summed E-state index contributed by atoms with van der Waals surface area (Å²) in [6, 6.07) is 4.28. The molecule has 25 heavy (non-hydrogen) atoms. The Morgan fingerprint density at radius 1 is 1.20 bits per heavy atom. The molecule has 1 aliphatic heterocycles. The van der Waals surface area contributed by atoms with Crippen molar-refractivity contribution in [1.82, 2.24) is 20.1 Å². The number of halogens is 2. The average Bonchev–Trinajstić information content (AvgIpc) is 3.19. The molecule has 0 unspecified atom stereocenters. The third-order valence-electron chi connectivity index (χ3n) is 4.52. The van der Waals surface area contributed by atoms with Gasteiger partial charge in [-0.05, 0) is 30.4 Å². The molecule has 1 N–H and O–H groups in total. The highest BCUT2D eigenvalue weighted by Gasteiger charge is 2.17. The number of aryl methyl sites for hydroxylation is 1. The fourth-order valence-electron chi connectivity index (χ4n) is 3.18. The molecule has 0 spiro atoms. The molecule has 0 aromatic carbocycles. The quantitative estimate of drug-likeness (QED) is 0.821. The van der Waals surface area contributed by atoms with Crippen LogP contribution in [-0.2, 0) is 20.1 Å². The van der Waals surface area contributed by atoms with E-state index >= 15 is 0 Å². The monoisotopic (exact) mass is 383 g/mol. The average molecular weight is 384 g/mol. The Morgan fingerprint density at radius 2 is 1.92 bits per heavy atom. The summed E-state index contributed by atoms with van der Waals surface area (Å²) < 4.78 is 1.75. The normalized spacial score (nSPS) is 14.2. The first-order chi connectivity index (χ1) is 11.6. The van der Waals surface area contributed by atoms with Crippen LogP contribution < -0.4 is 10.2 Å². The van der Waals surface area contributed by atoms with E-state index in [1.165, 1.54) is 18.4 Å². The molecule has 0 radical (unpaired) electrons. The standard InChI is InChI=1S/C18H26ClN5.ClH/c1-13(2)17-15(18(19)23(3)22-17)12-20-10-14-6-7-16(21-11-14)24-8-4-5-9-24;/h6-7,11,13,20H,4-5,8-10,12H2,1-3H3;1H. The summed E-state index contributed by atoms with van der Waals surface area (Å²) in [5, 5.41) is 8.70. The van der Waals surface area contributed by atoms with Gasteiger partial charge in [0.25, 0.3) is 0 Å². The zero-order valence-corrected chi connectivity index (χ0v) is 16.7. The molecule has 7 heteroatoms. The van der Waals surface area contributed by atoms with Gasteiger partial charge in [0.05, 0.1) is 5.69 Å². The molecule has 1 fully saturated rings. The second kappa shape index (κ2) is 8.88. The van der Waals surface area contributed by atoms with Crippen molar-refractivity contribution in [3.05, 3.63) is 40.3 Å². The van der Waals surface area contributed by atoms with Gasteiger partial charge >= 0.3 is 0 Å². The van der Waals surface area contributed by atoms with E-state index < -0.39 is 0 Å². The van der Waals surface area contributed by atoms with Gasteiger partial charge in [-0.2, -0.15) is 5.10 Å². The van der Waals surface area contributed by atoms with E-state index in [9.17, 15) is 0 Å². The molecule has 2 aromatic heterocycles. The van der Waals surface area contributed by atoms with Crippen LogP contribution in [-0.4, -0.2) is 27.9 Å². The first kappa shape index (κ1) is 20.0. The maximum atomic E-state index is 6.38. The Balaban J connectivity index is 0.00000225. The van der Waals surface area contributed by atoms with Crippen LogP contribution in [0.3, 0.4) is 0 Å². The van der Waals surface area contributed by atoms with Gasteiger partial charge in [0, 0.05) is 45.0 Å². The third kappa shape index (κ3) is 4.66. The van der Waals surface area contributed by atoms with Crippen molar-refractivity contribution in [3.63, 3.8) is 0 Å². The molecule has 1 saturated heterocycles. The van der Waals surface area contributed by atoms with Gasteiger partial charge in [0.15, 0.2) is 0 Å². The third-order valence-corrected chi connectivity index (χ3v) is 4.99. The lowest BCUT2D eigenvalue weighted by atomic mass is 10.1. The van der Waals surface area contributed by atoms with Crippen molar-refractivity contribution < 1.29 is 0 Å². The van der Waals surface area contributed by atoms with Gasteiger partial charge < -0.3 is 10.2 Å². The predicted octanol–water partition coefficient (Wildman–Crippen LogP) is 3.90. The Kier molecular flexibility index (Phi) is 7.11. The van der Waals surface area contributed by atoms with Crippen LogP contribution in [0.15, 0.2) is 18.3 Å². The molecule has 0 saturated carbocycles. The van der Waals surface area contributed by atoms with E-state index in [1.54, 1.807) is 4.68 Å². The number of nitrogens with one attached hydrogen (secondary N) is 1. The van der Waals surface area contributed by atoms with Crippen LogP contribution >= 0.6 is 24.0 Å². The highest BCUT2D eigenvalue weighted by molar-refractivity contribution is 6.30. The number of aromatic nitrogens is 3.